The van der Waals surface area contributed by atoms with Gasteiger partial charge in [-0.1, -0.05) is 11.6 Å². The maximum atomic E-state index is 15.5. The second-order valence-corrected chi connectivity index (χ2v) is 8.43. The van der Waals surface area contributed by atoms with Crippen molar-refractivity contribution in [1.82, 2.24) is 10.3 Å². The van der Waals surface area contributed by atoms with Crippen molar-refractivity contribution >= 4 is 28.6 Å². The summed E-state index contributed by atoms with van der Waals surface area (Å²) in [6.07, 6.45) is 0. The molecule has 2 aromatic carbocycles. The first kappa shape index (κ1) is 21.6. The van der Waals surface area contributed by atoms with Crippen LogP contribution in [-0.2, 0) is 15.1 Å². The molecule has 0 aliphatic carbocycles. The number of hydrogen-bond donors (Lipinski definition) is 1. The lowest BCUT2D eigenvalue weighted by atomic mass is 9.77. The van der Waals surface area contributed by atoms with E-state index in [1.165, 1.54) is 12.1 Å². The van der Waals surface area contributed by atoms with Gasteiger partial charge >= 0.3 is 5.92 Å². The van der Waals surface area contributed by atoms with Crippen LogP contribution in [0.15, 0.2) is 34.7 Å². The normalized spacial score (nSPS) is 22.9. The van der Waals surface area contributed by atoms with Crippen LogP contribution in [-0.4, -0.2) is 29.0 Å². The SMILES string of the molecule is CC1(C)OCC(=O)N[C@](C)(c2cc(-c3nc4ccc(Cl)cc4o3)c(F)cc2F)C1(F)F. The summed E-state index contributed by atoms with van der Waals surface area (Å²) in [7, 11) is 0. The maximum absolute atomic E-state index is 15.5. The van der Waals surface area contributed by atoms with Crippen molar-refractivity contribution in [2.45, 2.75) is 37.8 Å². The van der Waals surface area contributed by atoms with Crippen molar-refractivity contribution < 1.29 is 31.5 Å². The number of hydrogen-bond acceptors (Lipinski definition) is 4. The minimum Gasteiger partial charge on any atom is -0.436 e. The van der Waals surface area contributed by atoms with Crippen LogP contribution in [0.3, 0.4) is 0 Å². The number of aromatic nitrogens is 1. The highest BCUT2D eigenvalue weighted by Crippen LogP contribution is 2.49. The fourth-order valence-corrected chi connectivity index (χ4v) is 3.84. The quantitative estimate of drug-likeness (QED) is 0.538. The molecule has 5 nitrogen and oxygen atoms in total. The molecule has 1 saturated heterocycles. The van der Waals surface area contributed by atoms with E-state index in [9.17, 15) is 13.6 Å². The van der Waals surface area contributed by atoms with Crippen LogP contribution in [0.5, 0.6) is 0 Å². The third-order valence-electron chi connectivity index (χ3n) is 5.51. The molecule has 1 N–H and O–H groups in total. The molecule has 31 heavy (non-hydrogen) atoms. The Labute approximate surface area is 179 Å². The third kappa shape index (κ3) is 3.27. The van der Waals surface area contributed by atoms with Crippen LogP contribution >= 0.6 is 11.6 Å². The smallest absolute Gasteiger partial charge is 0.302 e. The Balaban J connectivity index is 1.93. The van der Waals surface area contributed by atoms with Crippen LogP contribution < -0.4 is 5.32 Å². The highest BCUT2D eigenvalue weighted by Gasteiger charge is 2.64. The van der Waals surface area contributed by atoms with Crippen molar-refractivity contribution in [3.05, 3.63) is 52.6 Å². The van der Waals surface area contributed by atoms with Gasteiger partial charge in [0.05, 0.1) is 5.56 Å². The molecule has 1 aliphatic rings. The second kappa shape index (κ2) is 6.93. The van der Waals surface area contributed by atoms with E-state index in [0.717, 1.165) is 26.8 Å². The van der Waals surface area contributed by atoms with E-state index >= 15 is 8.78 Å². The van der Waals surface area contributed by atoms with Crippen molar-refractivity contribution in [3.8, 4) is 11.5 Å². The summed E-state index contributed by atoms with van der Waals surface area (Å²) < 4.78 is 71.1. The molecule has 0 bridgehead atoms. The molecule has 10 heteroatoms. The Morgan fingerprint density at radius 3 is 2.52 bits per heavy atom. The van der Waals surface area contributed by atoms with Gasteiger partial charge in [0.25, 0.3) is 0 Å². The van der Waals surface area contributed by atoms with Crippen LogP contribution in [0, 0.1) is 11.6 Å². The zero-order chi connectivity index (χ0) is 22.8. The molecular weight excluding hydrogens is 440 g/mol. The number of nitrogens with one attached hydrogen (secondary N) is 1. The Bertz CT molecular complexity index is 1210. The molecule has 1 aromatic heterocycles. The molecule has 1 aliphatic heterocycles. The Kier molecular flexibility index (Phi) is 4.82. The lowest BCUT2D eigenvalue weighted by Gasteiger charge is -2.43. The fraction of sp³-hybridized carbons (Fsp3) is 0.333. The standard InChI is InChI=1S/C21H17ClF4N2O3/c1-19(2)21(25,26)20(3,28-17(29)9-30-19)12-7-11(13(23)8-14(12)24)18-27-15-5-4-10(22)6-16(15)31-18/h4-8H,9H2,1-3H3,(H,28,29)/t20-/m1/s1. The van der Waals surface area contributed by atoms with Gasteiger partial charge in [0, 0.05) is 22.7 Å². The van der Waals surface area contributed by atoms with Crippen LogP contribution in [0.1, 0.15) is 26.3 Å². The molecule has 1 atom stereocenters. The monoisotopic (exact) mass is 456 g/mol. The lowest BCUT2D eigenvalue weighted by Crippen LogP contribution is -2.62. The molecule has 2 heterocycles. The summed E-state index contributed by atoms with van der Waals surface area (Å²) in [5, 5.41) is 2.50. The average Bonchev–Trinajstić information content (AvgIpc) is 3.06. The summed E-state index contributed by atoms with van der Waals surface area (Å²) in [4.78, 5) is 16.3. The average molecular weight is 457 g/mol. The number of oxazole rings is 1. The number of rotatable bonds is 2. The lowest BCUT2D eigenvalue weighted by molar-refractivity contribution is -0.216. The predicted molar refractivity (Wildman–Crippen MR) is 105 cm³/mol. The van der Waals surface area contributed by atoms with Gasteiger partial charge in [0.15, 0.2) is 5.58 Å². The summed E-state index contributed by atoms with van der Waals surface area (Å²) in [6, 6.07) is 5.86. The molecule has 1 amide bonds. The second-order valence-electron chi connectivity index (χ2n) is 7.99. The molecular formula is C21H17ClF4N2O3. The van der Waals surface area contributed by atoms with Crippen LogP contribution in [0.25, 0.3) is 22.6 Å². The predicted octanol–water partition coefficient (Wildman–Crippen LogP) is 5.20. The minimum absolute atomic E-state index is 0.238. The number of halogens is 5. The molecule has 164 valence electrons. The number of amides is 1. The van der Waals surface area contributed by atoms with Gasteiger partial charge in [-0.25, -0.2) is 22.5 Å². The number of ether oxygens (including phenoxy) is 1. The zero-order valence-electron chi connectivity index (χ0n) is 16.7. The Morgan fingerprint density at radius 2 is 1.81 bits per heavy atom. The first-order valence-corrected chi connectivity index (χ1v) is 9.62. The molecule has 0 radical (unpaired) electrons. The number of fused-ring (bicyclic) bond motifs is 1. The first-order chi connectivity index (χ1) is 14.4. The van der Waals surface area contributed by atoms with Gasteiger partial charge in [-0.2, -0.15) is 0 Å². The van der Waals surface area contributed by atoms with Gasteiger partial charge in [-0.05, 0) is 39.0 Å². The van der Waals surface area contributed by atoms with Crippen molar-refractivity contribution in [2.75, 3.05) is 6.61 Å². The van der Waals surface area contributed by atoms with E-state index in [0.29, 0.717) is 16.6 Å². The van der Waals surface area contributed by atoms with Gasteiger partial charge < -0.3 is 14.5 Å². The van der Waals surface area contributed by atoms with Crippen molar-refractivity contribution in [2.24, 2.45) is 0 Å². The third-order valence-corrected chi connectivity index (χ3v) is 5.75. The fourth-order valence-electron chi connectivity index (χ4n) is 3.68. The molecule has 0 saturated carbocycles. The topological polar surface area (TPSA) is 64.4 Å². The highest BCUT2D eigenvalue weighted by molar-refractivity contribution is 6.31. The van der Waals surface area contributed by atoms with Gasteiger partial charge in [-0.3, -0.25) is 4.79 Å². The summed E-state index contributed by atoms with van der Waals surface area (Å²) in [6.45, 7) is 2.52. The van der Waals surface area contributed by atoms with Gasteiger partial charge in [-0.15, -0.1) is 0 Å². The van der Waals surface area contributed by atoms with Crippen molar-refractivity contribution in [1.29, 1.82) is 0 Å². The van der Waals surface area contributed by atoms with E-state index < -0.39 is 46.8 Å². The summed E-state index contributed by atoms with van der Waals surface area (Å²) in [5.41, 5.74) is -5.08. The van der Waals surface area contributed by atoms with E-state index in [1.807, 2.05) is 0 Å². The van der Waals surface area contributed by atoms with Crippen LogP contribution in [0.2, 0.25) is 5.02 Å². The zero-order valence-corrected chi connectivity index (χ0v) is 17.4. The van der Waals surface area contributed by atoms with E-state index in [1.54, 1.807) is 6.07 Å². The van der Waals surface area contributed by atoms with E-state index in [2.05, 4.69) is 10.3 Å². The molecule has 1 fully saturated rings. The number of carbonyl (C=O) groups excluding carboxylic acids is 1. The molecule has 3 aromatic rings. The first-order valence-electron chi connectivity index (χ1n) is 9.24. The van der Waals surface area contributed by atoms with E-state index in [-0.39, 0.29) is 17.0 Å². The molecule has 0 spiro atoms. The van der Waals surface area contributed by atoms with Gasteiger partial charge in [0.1, 0.15) is 34.9 Å². The van der Waals surface area contributed by atoms with Crippen molar-refractivity contribution in [3.63, 3.8) is 0 Å². The Hall–Kier alpha value is -2.65. The number of carbonyl (C=O) groups is 1. The highest BCUT2D eigenvalue weighted by atomic mass is 35.5. The number of alkyl halides is 2. The molecule has 0 unspecified atom stereocenters. The minimum atomic E-state index is -3.78. The molecule has 4 rings (SSSR count). The Morgan fingerprint density at radius 1 is 1.10 bits per heavy atom. The maximum Gasteiger partial charge on any atom is 0.302 e. The number of benzene rings is 2. The summed E-state index contributed by atoms with van der Waals surface area (Å²) in [5.74, 6) is -7.23. The van der Waals surface area contributed by atoms with E-state index in [4.69, 9.17) is 20.8 Å². The van der Waals surface area contributed by atoms with Crippen LogP contribution in [0.4, 0.5) is 17.6 Å². The summed E-state index contributed by atoms with van der Waals surface area (Å²) >= 11 is 5.91. The van der Waals surface area contributed by atoms with Gasteiger partial charge in [0.2, 0.25) is 11.8 Å². The number of nitrogens with zero attached hydrogens (tertiary/aromatic N) is 1. The largest absolute Gasteiger partial charge is 0.436 e.